The summed E-state index contributed by atoms with van der Waals surface area (Å²) in [5, 5.41) is 3.20. The van der Waals surface area contributed by atoms with Gasteiger partial charge in [-0.05, 0) is 12.8 Å². The van der Waals surface area contributed by atoms with Gasteiger partial charge in [-0.25, -0.2) is 13.4 Å². The lowest BCUT2D eigenvalue weighted by Gasteiger charge is -2.13. The van der Waals surface area contributed by atoms with Gasteiger partial charge >= 0.3 is 0 Å². The Morgan fingerprint density at radius 1 is 1.61 bits per heavy atom. The van der Waals surface area contributed by atoms with Crippen LogP contribution in [0.4, 0.5) is 5.95 Å². The molecule has 7 heteroatoms. The van der Waals surface area contributed by atoms with E-state index in [1.807, 2.05) is 10.8 Å². The van der Waals surface area contributed by atoms with Crippen molar-refractivity contribution in [1.29, 1.82) is 0 Å². The van der Waals surface area contributed by atoms with Crippen LogP contribution in [0.15, 0.2) is 12.4 Å². The lowest BCUT2D eigenvalue weighted by Crippen LogP contribution is -2.23. The van der Waals surface area contributed by atoms with Crippen molar-refractivity contribution in [3.05, 3.63) is 12.4 Å². The number of aromatic nitrogens is 2. The minimum absolute atomic E-state index is 0.0152. The molecule has 18 heavy (non-hydrogen) atoms. The van der Waals surface area contributed by atoms with Crippen molar-refractivity contribution in [3.8, 4) is 0 Å². The summed E-state index contributed by atoms with van der Waals surface area (Å²) < 4.78 is 29.8. The lowest BCUT2D eigenvalue weighted by molar-refractivity contribution is 0.190. The average Bonchev–Trinajstić information content (AvgIpc) is 2.87. The number of anilines is 1. The van der Waals surface area contributed by atoms with Gasteiger partial charge in [-0.2, -0.15) is 0 Å². The molecule has 0 amide bonds. The molecule has 1 aliphatic heterocycles. The summed E-state index contributed by atoms with van der Waals surface area (Å²) in [5.74, 6) is 1.22. The molecular formula is C11H19N3O3S. The SMILES string of the molecule is COCCCn1ccnc1NC1CCS(=O)(=O)C1. The van der Waals surface area contributed by atoms with E-state index in [1.165, 1.54) is 0 Å². The van der Waals surface area contributed by atoms with Crippen molar-refractivity contribution in [1.82, 2.24) is 9.55 Å². The average molecular weight is 273 g/mol. The first-order valence-electron chi connectivity index (χ1n) is 6.08. The molecule has 1 aliphatic rings. The third-order valence-corrected chi connectivity index (χ3v) is 4.80. The molecule has 0 spiro atoms. The third kappa shape index (κ3) is 3.46. The molecule has 6 nitrogen and oxygen atoms in total. The van der Waals surface area contributed by atoms with Crippen molar-refractivity contribution < 1.29 is 13.2 Å². The van der Waals surface area contributed by atoms with E-state index < -0.39 is 9.84 Å². The smallest absolute Gasteiger partial charge is 0.203 e. The van der Waals surface area contributed by atoms with Crippen molar-refractivity contribution >= 4 is 15.8 Å². The first-order valence-corrected chi connectivity index (χ1v) is 7.90. The van der Waals surface area contributed by atoms with Gasteiger partial charge in [0.05, 0.1) is 11.5 Å². The normalized spacial score (nSPS) is 22.2. The Hall–Kier alpha value is -1.08. The Morgan fingerprint density at radius 3 is 3.11 bits per heavy atom. The maximum atomic E-state index is 11.4. The Bertz CT molecular complexity index is 483. The van der Waals surface area contributed by atoms with Crippen molar-refractivity contribution in [3.63, 3.8) is 0 Å². The Kier molecular flexibility index (Phi) is 4.23. The molecule has 0 aromatic carbocycles. The molecule has 0 aliphatic carbocycles. The summed E-state index contributed by atoms with van der Waals surface area (Å²) in [6.45, 7) is 1.52. The molecule has 102 valence electrons. The zero-order valence-corrected chi connectivity index (χ0v) is 11.3. The third-order valence-electron chi connectivity index (χ3n) is 3.03. The van der Waals surface area contributed by atoms with Gasteiger partial charge in [-0.1, -0.05) is 0 Å². The van der Waals surface area contributed by atoms with Crippen LogP contribution in [0.3, 0.4) is 0 Å². The number of aryl methyl sites for hydroxylation is 1. The monoisotopic (exact) mass is 273 g/mol. The van der Waals surface area contributed by atoms with E-state index >= 15 is 0 Å². The standard InChI is InChI=1S/C11H19N3O3S/c1-17-7-2-5-14-6-4-12-11(14)13-10-3-8-18(15,16)9-10/h4,6,10H,2-3,5,7-9H2,1H3,(H,12,13). The molecule has 1 unspecified atom stereocenters. The first-order chi connectivity index (χ1) is 8.61. The summed E-state index contributed by atoms with van der Waals surface area (Å²) in [6.07, 6.45) is 5.18. The van der Waals surface area contributed by atoms with Gasteiger partial charge in [0.25, 0.3) is 0 Å². The quantitative estimate of drug-likeness (QED) is 0.765. The van der Waals surface area contributed by atoms with Crippen molar-refractivity contribution in [2.75, 3.05) is 30.5 Å². The van der Waals surface area contributed by atoms with E-state index in [9.17, 15) is 8.42 Å². The highest BCUT2D eigenvalue weighted by Crippen LogP contribution is 2.16. The molecule has 1 atom stereocenters. The van der Waals surface area contributed by atoms with Crippen LogP contribution in [0.1, 0.15) is 12.8 Å². The molecular weight excluding hydrogens is 254 g/mol. The summed E-state index contributed by atoms with van der Waals surface area (Å²) in [7, 11) is -1.17. The number of hydrogen-bond acceptors (Lipinski definition) is 5. The van der Waals surface area contributed by atoms with Gasteiger partial charge in [-0.15, -0.1) is 0 Å². The molecule has 0 saturated carbocycles. The summed E-state index contributed by atoms with van der Waals surface area (Å²) in [5.41, 5.74) is 0. The van der Waals surface area contributed by atoms with Crippen LogP contribution in [-0.4, -0.2) is 49.2 Å². The molecule has 2 rings (SSSR count). The van der Waals surface area contributed by atoms with E-state index in [2.05, 4.69) is 10.3 Å². The number of rotatable bonds is 6. The van der Waals surface area contributed by atoms with Gasteiger partial charge in [0, 0.05) is 38.7 Å². The predicted molar refractivity (Wildman–Crippen MR) is 69.4 cm³/mol. The molecule has 1 fully saturated rings. The molecule has 1 saturated heterocycles. The van der Waals surface area contributed by atoms with Gasteiger partial charge in [0.2, 0.25) is 5.95 Å². The number of nitrogens with one attached hydrogen (secondary N) is 1. The van der Waals surface area contributed by atoms with Gasteiger partial charge in [0.1, 0.15) is 0 Å². The number of nitrogens with zero attached hydrogens (tertiary/aromatic N) is 2. The topological polar surface area (TPSA) is 73.2 Å². The summed E-state index contributed by atoms with van der Waals surface area (Å²) >= 11 is 0. The second-order valence-corrected chi connectivity index (χ2v) is 6.76. The van der Waals surface area contributed by atoms with Crippen LogP contribution in [0.2, 0.25) is 0 Å². The zero-order valence-electron chi connectivity index (χ0n) is 10.5. The maximum absolute atomic E-state index is 11.4. The molecule has 1 aromatic heterocycles. The zero-order chi connectivity index (χ0) is 13.0. The molecule has 1 N–H and O–H groups in total. The highest BCUT2D eigenvalue weighted by Gasteiger charge is 2.28. The molecule has 0 radical (unpaired) electrons. The van der Waals surface area contributed by atoms with E-state index in [-0.39, 0.29) is 17.5 Å². The highest BCUT2D eigenvalue weighted by atomic mass is 32.2. The second kappa shape index (κ2) is 5.71. The van der Waals surface area contributed by atoms with Crippen molar-refractivity contribution in [2.24, 2.45) is 0 Å². The van der Waals surface area contributed by atoms with Crippen molar-refractivity contribution in [2.45, 2.75) is 25.4 Å². The molecule has 0 bridgehead atoms. The number of ether oxygens (including phenoxy) is 1. The fourth-order valence-corrected chi connectivity index (χ4v) is 3.77. The summed E-state index contributed by atoms with van der Waals surface area (Å²) in [4.78, 5) is 4.22. The van der Waals surface area contributed by atoms with E-state index in [0.717, 1.165) is 18.9 Å². The van der Waals surface area contributed by atoms with E-state index in [0.29, 0.717) is 13.0 Å². The lowest BCUT2D eigenvalue weighted by atomic mass is 10.3. The fourth-order valence-electron chi connectivity index (χ4n) is 2.10. The van der Waals surface area contributed by atoms with Crippen LogP contribution in [-0.2, 0) is 21.1 Å². The predicted octanol–water partition coefficient (Wildman–Crippen LogP) is 0.519. The number of methoxy groups -OCH3 is 1. The Morgan fingerprint density at radius 2 is 2.44 bits per heavy atom. The van der Waals surface area contributed by atoms with Gasteiger partial charge in [-0.3, -0.25) is 0 Å². The number of imidazole rings is 1. The Labute approximate surface area is 107 Å². The minimum atomic E-state index is -2.85. The van der Waals surface area contributed by atoms with Crippen LogP contribution < -0.4 is 5.32 Å². The van der Waals surface area contributed by atoms with E-state index in [4.69, 9.17) is 4.74 Å². The van der Waals surface area contributed by atoms with Crippen LogP contribution in [0.25, 0.3) is 0 Å². The first kappa shape index (κ1) is 13.4. The number of hydrogen-bond donors (Lipinski definition) is 1. The second-order valence-electron chi connectivity index (χ2n) is 4.53. The largest absolute Gasteiger partial charge is 0.385 e. The Balaban J connectivity index is 1.91. The minimum Gasteiger partial charge on any atom is -0.385 e. The van der Waals surface area contributed by atoms with Crippen LogP contribution >= 0.6 is 0 Å². The highest BCUT2D eigenvalue weighted by molar-refractivity contribution is 7.91. The summed E-state index contributed by atoms with van der Waals surface area (Å²) in [6, 6.07) is -0.0152. The fraction of sp³-hybridized carbons (Fsp3) is 0.727. The van der Waals surface area contributed by atoms with Crippen LogP contribution in [0.5, 0.6) is 0 Å². The van der Waals surface area contributed by atoms with Gasteiger partial charge < -0.3 is 14.6 Å². The molecule has 1 aromatic rings. The molecule has 2 heterocycles. The van der Waals surface area contributed by atoms with E-state index in [1.54, 1.807) is 13.3 Å². The number of sulfone groups is 1. The van der Waals surface area contributed by atoms with Crippen LogP contribution in [0, 0.1) is 0 Å². The maximum Gasteiger partial charge on any atom is 0.203 e. The van der Waals surface area contributed by atoms with Gasteiger partial charge in [0.15, 0.2) is 9.84 Å².